The minimum absolute atomic E-state index is 0.0666. The first kappa shape index (κ1) is 15.8. The van der Waals surface area contributed by atoms with Crippen LogP contribution >= 0.6 is 0 Å². The summed E-state index contributed by atoms with van der Waals surface area (Å²) in [5, 5.41) is 8.06. The molecule has 0 saturated carbocycles. The molecular weight excluding hydrogens is 242 g/mol. The molecule has 0 amide bonds. The third-order valence-corrected chi connectivity index (χ3v) is 2.59. The minimum atomic E-state index is -4.02. The predicted molar refractivity (Wildman–Crippen MR) is 66.3 cm³/mol. The molecule has 1 aromatic rings. The standard InChI is InChI=1S/C7H8O3S.C4H9NO/c1-6-2-4-7(5-3-6)11(8,9)10;5-3-1-2-4-6/h2-5H,1H3,(H,8,9,10);1-2,6H,3-5H2. The zero-order chi connectivity index (χ0) is 13.3. The van der Waals surface area contributed by atoms with Gasteiger partial charge in [0.2, 0.25) is 0 Å². The average Bonchev–Trinajstić information content (AvgIpc) is 2.26. The number of aliphatic hydroxyl groups excluding tert-OH is 1. The van der Waals surface area contributed by atoms with Gasteiger partial charge in [0.15, 0.2) is 0 Å². The van der Waals surface area contributed by atoms with E-state index < -0.39 is 10.1 Å². The van der Waals surface area contributed by atoms with Crippen LogP contribution in [-0.2, 0) is 10.1 Å². The normalized spacial score (nSPS) is 11.1. The van der Waals surface area contributed by atoms with Crippen molar-refractivity contribution in [3.63, 3.8) is 0 Å². The molecule has 1 aromatic carbocycles. The molecule has 0 unspecified atom stereocenters. The van der Waals surface area contributed by atoms with E-state index >= 15 is 0 Å². The molecule has 0 bridgehead atoms. The summed E-state index contributed by atoms with van der Waals surface area (Å²) >= 11 is 0. The Balaban J connectivity index is 0.000000366. The molecule has 0 saturated heterocycles. The molecule has 4 N–H and O–H groups in total. The lowest BCUT2D eigenvalue weighted by molar-refractivity contribution is 0.342. The molecule has 0 radical (unpaired) electrons. The smallest absolute Gasteiger partial charge is 0.294 e. The molecule has 0 fully saturated rings. The maximum absolute atomic E-state index is 10.5. The van der Waals surface area contributed by atoms with E-state index in [2.05, 4.69) is 0 Å². The van der Waals surface area contributed by atoms with Crippen LogP contribution in [0.15, 0.2) is 41.3 Å². The second kappa shape index (κ2) is 7.97. The molecule has 0 aliphatic carbocycles. The molecule has 17 heavy (non-hydrogen) atoms. The first-order valence-electron chi connectivity index (χ1n) is 4.92. The third kappa shape index (κ3) is 7.64. The van der Waals surface area contributed by atoms with Crippen molar-refractivity contribution in [3.05, 3.63) is 42.0 Å². The van der Waals surface area contributed by atoms with Crippen molar-refractivity contribution in [1.82, 2.24) is 0 Å². The third-order valence-electron chi connectivity index (χ3n) is 1.73. The van der Waals surface area contributed by atoms with Gasteiger partial charge in [-0.05, 0) is 19.1 Å². The molecule has 0 aliphatic rings. The van der Waals surface area contributed by atoms with Gasteiger partial charge in [-0.3, -0.25) is 4.55 Å². The number of hydrogen-bond donors (Lipinski definition) is 3. The summed E-state index contributed by atoms with van der Waals surface area (Å²) in [4.78, 5) is -0.0666. The summed E-state index contributed by atoms with van der Waals surface area (Å²) in [6, 6.07) is 5.99. The molecule has 6 heteroatoms. The summed E-state index contributed by atoms with van der Waals surface area (Å²) in [5.41, 5.74) is 5.97. The highest BCUT2D eigenvalue weighted by Crippen LogP contribution is 2.08. The Labute approximate surface area is 101 Å². The van der Waals surface area contributed by atoms with Crippen LogP contribution in [0.25, 0.3) is 0 Å². The Morgan fingerprint density at radius 2 is 1.76 bits per heavy atom. The second-order valence-electron chi connectivity index (χ2n) is 3.18. The van der Waals surface area contributed by atoms with Crippen LogP contribution in [-0.4, -0.2) is 31.2 Å². The molecule has 0 aliphatic heterocycles. The van der Waals surface area contributed by atoms with Gasteiger partial charge in [-0.15, -0.1) is 0 Å². The molecule has 5 nitrogen and oxygen atoms in total. The molecule has 1 rings (SSSR count). The monoisotopic (exact) mass is 259 g/mol. The highest BCUT2D eigenvalue weighted by atomic mass is 32.2. The lowest BCUT2D eigenvalue weighted by Gasteiger charge is -1.95. The number of rotatable bonds is 3. The van der Waals surface area contributed by atoms with Crippen molar-refractivity contribution in [2.45, 2.75) is 11.8 Å². The van der Waals surface area contributed by atoms with Gasteiger partial charge in [-0.2, -0.15) is 8.42 Å². The topological polar surface area (TPSA) is 101 Å². The van der Waals surface area contributed by atoms with Crippen LogP contribution in [0.3, 0.4) is 0 Å². The predicted octanol–water partition coefficient (Wildman–Crippen LogP) is 0.735. The summed E-state index contributed by atoms with van der Waals surface area (Å²) in [7, 11) is -4.02. The van der Waals surface area contributed by atoms with E-state index in [0.29, 0.717) is 6.54 Å². The van der Waals surface area contributed by atoms with E-state index in [4.69, 9.17) is 15.4 Å². The summed E-state index contributed by atoms with van der Waals surface area (Å²) in [5.74, 6) is 0. The Kier molecular flexibility index (Phi) is 7.40. The van der Waals surface area contributed by atoms with Crippen molar-refractivity contribution >= 4 is 10.1 Å². The van der Waals surface area contributed by atoms with Crippen LogP contribution in [0.4, 0.5) is 0 Å². The van der Waals surface area contributed by atoms with Gasteiger partial charge in [-0.25, -0.2) is 0 Å². The van der Waals surface area contributed by atoms with Gasteiger partial charge in [0.05, 0.1) is 11.5 Å². The van der Waals surface area contributed by atoms with Gasteiger partial charge in [0.25, 0.3) is 10.1 Å². The lowest BCUT2D eigenvalue weighted by atomic mass is 10.2. The van der Waals surface area contributed by atoms with Gasteiger partial charge < -0.3 is 10.8 Å². The molecule has 0 atom stereocenters. The van der Waals surface area contributed by atoms with Crippen LogP contribution in [0, 0.1) is 6.92 Å². The van der Waals surface area contributed by atoms with Gasteiger partial charge in [0, 0.05) is 6.54 Å². The Bertz CT molecular complexity index is 431. The number of aliphatic hydroxyl groups is 1. The largest absolute Gasteiger partial charge is 0.392 e. The first-order chi connectivity index (χ1) is 7.91. The van der Waals surface area contributed by atoms with Crippen LogP contribution in [0.5, 0.6) is 0 Å². The van der Waals surface area contributed by atoms with Crippen molar-refractivity contribution in [3.8, 4) is 0 Å². The van der Waals surface area contributed by atoms with Gasteiger partial charge >= 0.3 is 0 Å². The van der Waals surface area contributed by atoms with E-state index in [-0.39, 0.29) is 11.5 Å². The fourth-order valence-corrected chi connectivity index (χ4v) is 1.36. The minimum Gasteiger partial charge on any atom is -0.392 e. The summed E-state index contributed by atoms with van der Waals surface area (Å²) < 4.78 is 29.6. The van der Waals surface area contributed by atoms with Crippen LogP contribution in [0.2, 0.25) is 0 Å². The van der Waals surface area contributed by atoms with E-state index in [1.165, 1.54) is 12.1 Å². The fourth-order valence-electron chi connectivity index (χ4n) is 0.881. The lowest BCUT2D eigenvalue weighted by Crippen LogP contribution is -1.96. The van der Waals surface area contributed by atoms with Crippen molar-refractivity contribution in [1.29, 1.82) is 0 Å². The van der Waals surface area contributed by atoms with Crippen molar-refractivity contribution in [2.24, 2.45) is 5.73 Å². The highest BCUT2D eigenvalue weighted by molar-refractivity contribution is 7.85. The average molecular weight is 259 g/mol. The zero-order valence-electron chi connectivity index (χ0n) is 9.57. The van der Waals surface area contributed by atoms with E-state index in [1.807, 2.05) is 6.92 Å². The molecule has 0 spiro atoms. The molecule has 96 valence electrons. The van der Waals surface area contributed by atoms with Crippen molar-refractivity contribution < 1.29 is 18.1 Å². The SMILES string of the molecule is Cc1ccc(S(=O)(=O)O)cc1.NCC=CCO. The maximum atomic E-state index is 10.5. The number of aryl methyl sites for hydroxylation is 1. The second-order valence-corrected chi connectivity index (χ2v) is 4.60. The summed E-state index contributed by atoms with van der Waals surface area (Å²) in [6.45, 7) is 2.45. The number of benzene rings is 1. The Morgan fingerprint density at radius 1 is 1.24 bits per heavy atom. The Morgan fingerprint density at radius 3 is 2.06 bits per heavy atom. The number of nitrogens with two attached hydrogens (primary N) is 1. The van der Waals surface area contributed by atoms with E-state index in [0.717, 1.165) is 5.56 Å². The Hall–Kier alpha value is -1.21. The highest BCUT2D eigenvalue weighted by Gasteiger charge is 2.06. The summed E-state index contributed by atoms with van der Waals surface area (Å²) in [6.07, 6.45) is 3.32. The molecule has 0 heterocycles. The van der Waals surface area contributed by atoms with Gasteiger partial charge in [-0.1, -0.05) is 29.8 Å². The van der Waals surface area contributed by atoms with E-state index in [1.54, 1.807) is 24.3 Å². The molecule has 0 aromatic heterocycles. The maximum Gasteiger partial charge on any atom is 0.294 e. The van der Waals surface area contributed by atoms with Crippen molar-refractivity contribution in [2.75, 3.05) is 13.2 Å². The molecular formula is C11H17NO4S. The quantitative estimate of drug-likeness (QED) is 0.549. The zero-order valence-corrected chi connectivity index (χ0v) is 10.4. The van der Waals surface area contributed by atoms with Crippen LogP contribution < -0.4 is 5.73 Å². The van der Waals surface area contributed by atoms with Crippen LogP contribution in [0.1, 0.15) is 5.56 Å². The fraction of sp³-hybridized carbons (Fsp3) is 0.273. The van der Waals surface area contributed by atoms with Gasteiger partial charge in [0.1, 0.15) is 0 Å². The first-order valence-corrected chi connectivity index (χ1v) is 6.36. The number of hydrogen-bond acceptors (Lipinski definition) is 4. The van der Waals surface area contributed by atoms with E-state index in [9.17, 15) is 8.42 Å².